The van der Waals surface area contributed by atoms with Crippen molar-refractivity contribution in [1.82, 2.24) is 0 Å². The number of nitrogens with zero attached hydrogens (tertiary/aromatic N) is 1. The summed E-state index contributed by atoms with van der Waals surface area (Å²) >= 11 is 5.80. The Bertz CT molecular complexity index is 413. The van der Waals surface area contributed by atoms with Gasteiger partial charge in [0.15, 0.2) is 12.0 Å². The van der Waals surface area contributed by atoms with Gasteiger partial charge in [0.25, 0.3) is 0 Å². The highest BCUT2D eigenvalue weighted by Gasteiger charge is 2.06. The fourth-order valence-corrected chi connectivity index (χ4v) is 1.36. The maximum Gasteiger partial charge on any atom is 0.212 e. The van der Waals surface area contributed by atoms with Crippen LogP contribution in [-0.2, 0) is 0 Å². The Kier molecular flexibility index (Phi) is 2.46. The molecule has 0 bridgehead atoms. The molecule has 14 heavy (non-hydrogen) atoms. The molecular formula is C11H7ClFN+. The summed E-state index contributed by atoms with van der Waals surface area (Å²) in [5.74, 6) is -0.285. The number of hydrogen-bond donors (Lipinski definition) is 0. The molecule has 0 aliphatic heterocycles. The van der Waals surface area contributed by atoms with Crippen LogP contribution in [0.1, 0.15) is 0 Å². The molecule has 0 unspecified atom stereocenters. The Labute approximate surface area is 86.4 Å². The summed E-state index contributed by atoms with van der Waals surface area (Å²) < 4.78 is 14.5. The SMILES string of the molecule is Fc1ccc[n+](-c2c[c]cc(Cl)c2)c1. The molecule has 1 aromatic heterocycles. The van der Waals surface area contributed by atoms with Gasteiger partial charge in [-0.1, -0.05) is 11.6 Å². The van der Waals surface area contributed by atoms with Gasteiger partial charge in [0, 0.05) is 23.2 Å². The Morgan fingerprint density at radius 2 is 2.21 bits per heavy atom. The van der Waals surface area contributed by atoms with Crippen LogP contribution in [-0.4, -0.2) is 0 Å². The summed E-state index contributed by atoms with van der Waals surface area (Å²) in [6, 6.07) is 11.0. The Hall–Kier alpha value is -1.41. The first-order valence-corrected chi connectivity index (χ1v) is 4.47. The summed E-state index contributed by atoms with van der Waals surface area (Å²) in [6.07, 6.45) is 3.14. The molecule has 0 fully saturated rings. The Balaban J connectivity index is 2.49. The monoisotopic (exact) mass is 207 g/mol. The van der Waals surface area contributed by atoms with Crippen LogP contribution in [0.5, 0.6) is 0 Å². The largest absolute Gasteiger partial charge is 0.212 e. The highest BCUT2D eigenvalue weighted by molar-refractivity contribution is 6.30. The van der Waals surface area contributed by atoms with Crippen molar-refractivity contribution in [3.63, 3.8) is 0 Å². The van der Waals surface area contributed by atoms with Crippen LogP contribution in [0, 0.1) is 11.9 Å². The Morgan fingerprint density at radius 3 is 2.93 bits per heavy atom. The molecular weight excluding hydrogens is 201 g/mol. The molecule has 1 nitrogen and oxygen atoms in total. The molecule has 0 N–H and O–H groups in total. The normalized spacial score (nSPS) is 10.1. The van der Waals surface area contributed by atoms with Gasteiger partial charge < -0.3 is 0 Å². The molecule has 2 aromatic rings. The van der Waals surface area contributed by atoms with E-state index in [1.807, 2.05) is 0 Å². The lowest BCUT2D eigenvalue weighted by Crippen LogP contribution is -2.29. The van der Waals surface area contributed by atoms with E-state index in [2.05, 4.69) is 6.07 Å². The van der Waals surface area contributed by atoms with Crippen molar-refractivity contribution >= 4 is 11.6 Å². The smallest absolute Gasteiger partial charge is 0.200 e. The number of hydrogen-bond acceptors (Lipinski definition) is 0. The number of pyridine rings is 1. The van der Waals surface area contributed by atoms with E-state index in [4.69, 9.17) is 11.6 Å². The average Bonchev–Trinajstić information content (AvgIpc) is 2.18. The number of halogens is 2. The number of aromatic nitrogens is 1. The molecule has 0 saturated heterocycles. The molecule has 2 rings (SSSR count). The van der Waals surface area contributed by atoms with Crippen molar-refractivity contribution in [2.45, 2.75) is 0 Å². The third-order valence-electron chi connectivity index (χ3n) is 1.80. The van der Waals surface area contributed by atoms with E-state index in [0.717, 1.165) is 5.69 Å². The predicted octanol–water partition coefficient (Wildman–Crippen LogP) is 2.56. The number of rotatable bonds is 1. The zero-order chi connectivity index (χ0) is 9.97. The van der Waals surface area contributed by atoms with E-state index in [9.17, 15) is 4.39 Å². The third kappa shape index (κ3) is 1.91. The van der Waals surface area contributed by atoms with Crippen LogP contribution in [0.4, 0.5) is 4.39 Å². The quantitative estimate of drug-likeness (QED) is 0.633. The van der Waals surface area contributed by atoms with Crippen LogP contribution in [0.25, 0.3) is 5.69 Å². The van der Waals surface area contributed by atoms with E-state index in [1.54, 1.807) is 35.0 Å². The van der Waals surface area contributed by atoms with Crippen molar-refractivity contribution in [3.8, 4) is 5.69 Å². The van der Waals surface area contributed by atoms with Gasteiger partial charge in [-0.25, -0.2) is 4.39 Å². The molecule has 0 saturated carbocycles. The second-order valence-corrected chi connectivity index (χ2v) is 3.28. The zero-order valence-electron chi connectivity index (χ0n) is 7.24. The molecule has 1 aromatic carbocycles. The van der Waals surface area contributed by atoms with Gasteiger partial charge in [0.1, 0.15) is 0 Å². The molecule has 0 aliphatic rings. The minimum Gasteiger partial charge on any atom is -0.200 e. The second-order valence-electron chi connectivity index (χ2n) is 2.84. The first-order chi connectivity index (χ1) is 6.75. The molecule has 3 heteroatoms. The van der Waals surface area contributed by atoms with Crippen molar-refractivity contribution in [1.29, 1.82) is 0 Å². The van der Waals surface area contributed by atoms with Crippen molar-refractivity contribution in [2.24, 2.45) is 0 Å². The summed E-state index contributed by atoms with van der Waals surface area (Å²) in [5, 5.41) is 0.583. The summed E-state index contributed by atoms with van der Waals surface area (Å²) in [7, 11) is 0. The lowest BCUT2D eigenvalue weighted by molar-refractivity contribution is -0.597. The van der Waals surface area contributed by atoms with Crippen molar-refractivity contribution in [3.05, 3.63) is 59.6 Å². The maximum atomic E-state index is 12.9. The van der Waals surface area contributed by atoms with E-state index >= 15 is 0 Å². The van der Waals surface area contributed by atoms with Crippen LogP contribution >= 0.6 is 11.6 Å². The molecule has 0 amide bonds. The third-order valence-corrected chi connectivity index (χ3v) is 2.02. The van der Waals surface area contributed by atoms with E-state index in [-0.39, 0.29) is 5.82 Å². The topological polar surface area (TPSA) is 3.88 Å². The minimum atomic E-state index is -0.285. The van der Waals surface area contributed by atoms with Gasteiger partial charge in [0.05, 0.1) is 0 Å². The standard InChI is InChI=1S/C11H7ClFN/c12-9-3-1-5-11(7-9)14-6-2-4-10(13)8-14/h2-8H/q+1. The molecule has 69 valence electrons. The van der Waals surface area contributed by atoms with Gasteiger partial charge in [0.2, 0.25) is 11.9 Å². The predicted molar refractivity (Wildman–Crippen MR) is 51.8 cm³/mol. The molecule has 1 heterocycles. The van der Waals surface area contributed by atoms with Crippen LogP contribution in [0.3, 0.4) is 0 Å². The lowest BCUT2D eigenvalue weighted by Gasteiger charge is -1.95. The maximum absolute atomic E-state index is 12.9. The van der Waals surface area contributed by atoms with Crippen molar-refractivity contribution < 1.29 is 8.96 Å². The molecule has 0 atom stereocenters. The Morgan fingerprint density at radius 1 is 1.36 bits per heavy atom. The first kappa shape index (κ1) is 9.16. The summed E-state index contributed by atoms with van der Waals surface area (Å²) in [4.78, 5) is 0. The second kappa shape index (κ2) is 3.76. The molecule has 0 spiro atoms. The van der Waals surface area contributed by atoms with Crippen LogP contribution in [0.15, 0.2) is 42.7 Å². The van der Waals surface area contributed by atoms with E-state index in [1.165, 1.54) is 12.3 Å². The zero-order valence-corrected chi connectivity index (χ0v) is 8.00. The van der Waals surface area contributed by atoms with E-state index in [0.29, 0.717) is 5.02 Å². The van der Waals surface area contributed by atoms with Crippen molar-refractivity contribution in [2.75, 3.05) is 0 Å². The molecule has 0 aliphatic carbocycles. The van der Waals surface area contributed by atoms with Gasteiger partial charge >= 0.3 is 0 Å². The fourth-order valence-electron chi connectivity index (χ4n) is 1.19. The number of benzene rings is 1. The average molecular weight is 208 g/mol. The van der Waals surface area contributed by atoms with Gasteiger partial charge in [-0.2, -0.15) is 4.57 Å². The van der Waals surface area contributed by atoms with E-state index < -0.39 is 0 Å². The molecule has 1 radical (unpaired) electrons. The highest BCUT2D eigenvalue weighted by atomic mass is 35.5. The van der Waals surface area contributed by atoms with Gasteiger partial charge in [-0.05, 0) is 18.2 Å². The van der Waals surface area contributed by atoms with Crippen LogP contribution < -0.4 is 4.57 Å². The van der Waals surface area contributed by atoms with Gasteiger partial charge in [-0.15, -0.1) is 0 Å². The lowest BCUT2D eigenvalue weighted by atomic mass is 10.3. The van der Waals surface area contributed by atoms with Gasteiger partial charge in [-0.3, -0.25) is 0 Å². The van der Waals surface area contributed by atoms with Crippen LogP contribution in [0.2, 0.25) is 5.02 Å². The highest BCUT2D eigenvalue weighted by Crippen LogP contribution is 2.09. The first-order valence-electron chi connectivity index (χ1n) is 4.09. The fraction of sp³-hybridized carbons (Fsp3) is 0. The summed E-state index contributed by atoms with van der Waals surface area (Å²) in [6.45, 7) is 0. The summed E-state index contributed by atoms with van der Waals surface area (Å²) in [5.41, 5.74) is 0.789. The minimum absolute atomic E-state index is 0.285.